The maximum atomic E-state index is 12.9. The van der Waals surface area contributed by atoms with Crippen LogP contribution < -0.4 is 49.7 Å². The van der Waals surface area contributed by atoms with Gasteiger partial charge in [-0.15, -0.1) is 0 Å². The average Bonchev–Trinajstić information content (AvgIpc) is 2.59. The first-order valence-corrected chi connectivity index (χ1v) is 8.38. The molecule has 136 valence electrons. The second-order valence-electron chi connectivity index (χ2n) is 5.93. The third kappa shape index (κ3) is 3.91. The third-order valence-corrected chi connectivity index (χ3v) is 4.29. The first-order valence-electron chi connectivity index (χ1n) is 8.00. The smallest absolute Gasteiger partial charge is 0.548 e. The molecule has 9 heteroatoms. The predicted octanol–water partition coefficient (Wildman–Crippen LogP) is -1.58. The minimum absolute atomic E-state index is 0. The number of carboxylic acid groups (broad SMARTS) is 1. The number of fused-ring (bicyclic) bond motifs is 2. The molecule has 0 unspecified atom stereocenters. The maximum absolute atomic E-state index is 12.9. The Balaban J connectivity index is 0.00000261. The van der Waals surface area contributed by atoms with E-state index in [1.807, 2.05) is 0 Å². The van der Waals surface area contributed by atoms with Gasteiger partial charge in [0, 0.05) is 14.1 Å². The van der Waals surface area contributed by atoms with Crippen LogP contribution in [0.1, 0.15) is 6.92 Å². The molecule has 0 saturated heterocycles. The van der Waals surface area contributed by atoms with Crippen molar-refractivity contribution in [2.45, 2.75) is 13.5 Å². The second kappa shape index (κ2) is 8.48. The summed E-state index contributed by atoms with van der Waals surface area (Å²) in [7, 11) is 3.61. The van der Waals surface area contributed by atoms with E-state index in [0.717, 1.165) is 0 Å². The van der Waals surface area contributed by atoms with Gasteiger partial charge < -0.3 is 24.1 Å². The van der Waals surface area contributed by atoms with Crippen molar-refractivity contribution < 1.29 is 44.2 Å². The van der Waals surface area contributed by atoms with Crippen LogP contribution in [0.3, 0.4) is 0 Å². The van der Waals surface area contributed by atoms with E-state index in [2.05, 4.69) is 4.98 Å². The summed E-state index contributed by atoms with van der Waals surface area (Å²) in [5.41, 5.74) is 0.269. The van der Waals surface area contributed by atoms with Crippen molar-refractivity contribution in [3.8, 4) is 5.75 Å². The molecule has 2 aromatic heterocycles. The number of rotatable bonds is 5. The molecule has 0 amide bonds. The maximum Gasteiger partial charge on any atom is 1.00 e. The fourth-order valence-electron chi connectivity index (χ4n) is 2.88. The van der Waals surface area contributed by atoms with Gasteiger partial charge in [-0.05, 0) is 31.2 Å². The third-order valence-electron chi connectivity index (χ3n) is 3.99. The second-order valence-corrected chi connectivity index (χ2v) is 6.34. The van der Waals surface area contributed by atoms with E-state index in [1.165, 1.54) is 4.57 Å². The van der Waals surface area contributed by atoms with Gasteiger partial charge in [0.1, 0.15) is 11.5 Å². The van der Waals surface area contributed by atoms with E-state index >= 15 is 0 Å². The fraction of sp³-hybridized carbons (Fsp3) is 0.278. The molecule has 0 fully saturated rings. The van der Waals surface area contributed by atoms with Gasteiger partial charge >= 0.3 is 29.6 Å². The zero-order valence-corrected chi connectivity index (χ0v) is 18.3. The van der Waals surface area contributed by atoms with Gasteiger partial charge in [0.25, 0.3) is 0 Å². The Bertz CT molecular complexity index is 1080. The summed E-state index contributed by atoms with van der Waals surface area (Å²) in [4.78, 5) is 30.6. The number of pyridine rings is 2. The zero-order valence-electron chi connectivity index (χ0n) is 15.6. The van der Waals surface area contributed by atoms with E-state index in [0.29, 0.717) is 28.7 Å². The van der Waals surface area contributed by atoms with Gasteiger partial charge in [-0.3, -0.25) is 4.79 Å². The molecule has 0 atom stereocenters. The molecule has 0 aliphatic heterocycles. The van der Waals surface area contributed by atoms with E-state index in [1.54, 1.807) is 50.2 Å². The van der Waals surface area contributed by atoms with Crippen molar-refractivity contribution in [3.05, 3.63) is 39.5 Å². The zero-order chi connectivity index (χ0) is 19.0. The Labute approximate surface area is 182 Å². The van der Waals surface area contributed by atoms with Crippen LogP contribution in [0.15, 0.2) is 29.1 Å². The monoisotopic (exact) mass is 397 g/mol. The van der Waals surface area contributed by atoms with Crippen LogP contribution in [0, 0.1) is 0 Å². The molecule has 0 aliphatic carbocycles. The van der Waals surface area contributed by atoms with Crippen molar-refractivity contribution in [3.63, 3.8) is 0 Å². The number of ether oxygens (including phenoxy) is 1. The molecule has 27 heavy (non-hydrogen) atoms. The Hall–Kier alpha value is -1.80. The normalized spacial score (nSPS) is 10.7. The van der Waals surface area contributed by atoms with Gasteiger partial charge in [0.05, 0.1) is 40.4 Å². The van der Waals surface area contributed by atoms with Crippen LogP contribution >= 0.6 is 11.6 Å². The molecular formula is C18H17ClN3NaO4. The molecule has 3 aromatic rings. The molecule has 2 heterocycles. The number of hydrogen-bond acceptors (Lipinski definition) is 6. The summed E-state index contributed by atoms with van der Waals surface area (Å²) in [5.74, 6) is -0.469. The van der Waals surface area contributed by atoms with Gasteiger partial charge in [-0.2, -0.15) is 0 Å². The SMILES string of the molecule is CCOc1c(Cl)ccc2c(=O)c3ccc(N(C)C)nc3n(CC(=O)[O-])c12.[Na+]. The minimum Gasteiger partial charge on any atom is -0.548 e. The largest absolute Gasteiger partial charge is 1.00 e. The fourth-order valence-corrected chi connectivity index (χ4v) is 3.09. The van der Waals surface area contributed by atoms with Crippen molar-refractivity contribution in [1.29, 1.82) is 0 Å². The summed E-state index contributed by atoms with van der Waals surface area (Å²) in [6.45, 7) is 1.60. The van der Waals surface area contributed by atoms with Crippen LogP contribution in [0.25, 0.3) is 21.9 Å². The van der Waals surface area contributed by atoms with E-state index in [-0.39, 0.29) is 51.4 Å². The van der Waals surface area contributed by atoms with E-state index < -0.39 is 12.5 Å². The number of benzene rings is 1. The van der Waals surface area contributed by atoms with Gasteiger partial charge in [0.15, 0.2) is 11.2 Å². The number of carbonyl (C=O) groups is 1. The Kier molecular flexibility index (Phi) is 6.75. The van der Waals surface area contributed by atoms with Crippen LogP contribution in [0.5, 0.6) is 5.75 Å². The topological polar surface area (TPSA) is 87.5 Å². The number of anilines is 1. The molecule has 0 N–H and O–H groups in total. The van der Waals surface area contributed by atoms with E-state index in [4.69, 9.17) is 16.3 Å². The molecule has 0 saturated carbocycles. The summed E-state index contributed by atoms with van der Waals surface area (Å²) in [6.07, 6.45) is 0. The van der Waals surface area contributed by atoms with Crippen molar-refractivity contribution in [2.75, 3.05) is 25.6 Å². The van der Waals surface area contributed by atoms with Crippen LogP contribution in [0.4, 0.5) is 5.82 Å². The number of halogens is 1. The van der Waals surface area contributed by atoms with Crippen LogP contribution in [0.2, 0.25) is 5.02 Å². The minimum atomic E-state index is -1.31. The quantitative estimate of drug-likeness (QED) is 0.381. The average molecular weight is 398 g/mol. The summed E-state index contributed by atoms with van der Waals surface area (Å²) in [5, 5.41) is 12.3. The van der Waals surface area contributed by atoms with Crippen molar-refractivity contribution >= 4 is 45.3 Å². The summed E-state index contributed by atoms with van der Waals surface area (Å²) in [6, 6.07) is 6.47. The molecule has 0 radical (unpaired) electrons. The standard InChI is InChI=1S/C18H18ClN3O4.Na/c1-4-26-17-12(19)7-5-10-15(17)22(9-14(23)24)18-11(16(10)25)6-8-13(20-18)21(2)3;/h5-8H,4,9H2,1-3H3,(H,23,24);/q;+1/p-1. The van der Waals surface area contributed by atoms with Gasteiger partial charge in [0.2, 0.25) is 0 Å². The molecule has 0 bridgehead atoms. The number of nitrogens with zero attached hydrogens (tertiary/aromatic N) is 3. The number of hydrogen-bond donors (Lipinski definition) is 0. The first-order chi connectivity index (χ1) is 12.3. The number of aliphatic carboxylic acids is 1. The number of carboxylic acids is 1. The summed E-state index contributed by atoms with van der Waals surface area (Å²) < 4.78 is 7.02. The Morgan fingerprint density at radius 3 is 2.52 bits per heavy atom. The number of aromatic nitrogens is 2. The Morgan fingerprint density at radius 1 is 1.26 bits per heavy atom. The molecule has 1 aromatic carbocycles. The van der Waals surface area contributed by atoms with Gasteiger partial charge in [-0.25, -0.2) is 4.98 Å². The first kappa shape index (κ1) is 21.5. The van der Waals surface area contributed by atoms with Crippen LogP contribution in [-0.2, 0) is 11.3 Å². The van der Waals surface area contributed by atoms with Gasteiger partial charge in [-0.1, -0.05) is 11.6 Å². The number of carbonyl (C=O) groups excluding carboxylic acids is 1. The molecule has 0 spiro atoms. The molecule has 3 rings (SSSR count). The summed E-state index contributed by atoms with van der Waals surface area (Å²) >= 11 is 6.24. The van der Waals surface area contributed by atoms with Crippen LogP contribution in [-0.4, -0.2) is 36.2 Å². The molecular weight excluding hydrogens is 381 g/mol. The molecule has 7 nitrogen and oxygen atoms in total. The van der Waals surface area contributed by atoms with Crippen molar-refractivity contribution in [1.82, 2.24) is 9.55 Å². The van der Waals surface area contributed by atoms with E-state index in [9.17, 15) is 14.7 Å². The molecule has 0 aliphatic rings. The predicted molar refractivity (Wildman–Crippen MR) is 99.0 cm³/mol. The van der Waals surface area contributed by atoms with Crippen molar-refractivity contribution in [2.24, 2.45) is 0 Å². The Morgan fingerprint density at radius 2 is 1.93 bits per heavy atom.